The van der Waals surface area contributed by atoms with Gasteiger partial charge in [-0.25, -0.2) is 8.78 Å². The molecule has 0 fully saturated rings. The number of alkyl halides is 3. The first-order valence-corrected chi connectivity index (χ1v) is 8.50. The molecule has 3 aromatic rings. The van der Waals surface area contributed by atoms with Crippen LogP contribution in [0.3, 0.4) is 0 Å². The largest absolute Gasteiger partial charge is 0.573 e. The van der Waals surface area contributed by atoms with E-state index in [1.54, 1.807) is 0 Å². The molecule has 7 nitrogen and oxygen atoms in total. The summed E-state index contributed by atoms with van der Waals surface area (Å²) in [4.78, 5) is 30.5. The summed E-state index contributed by atoms with van der Waals surface area (Å²) >= 11 is 0. The molecule has 0 aliphatic rings. The van der Waals surface area contributed by atoms with Gasteiger partial charge in [-0.05, 0) is 29.8 Å². The zero-order valence-electron chi connectivity index (χ0n) is 15.3. The van der Waals surface area contributed by atoms with Crippen molar-refractivity contribution in [2.75, 3.05) is 5.73 Å². The Morgan fingerprint density at radius 3 is 2.52 bits per heavy atom. The van der Waals surface area contributed by atoms with Crippen LogP contribution in [0.5, 0.6) is 5.75 Å². The minimum absolute atomic E-state index is 0.129. The second-order valence-corrected chi connectivity index (χ2v) is 6.18. The first kappa shape index (κ1) is 21.7. The lowest BCUT2D eigenvalue weighted by Gasteiger charge is -2.20. The maximum absolute atomic E-state index is 14.3. The molecule has 0 saturated heterocycles. The summed E-state index contributed by atoms with van der Waals surface area (Å²) in [7, 11) is 0. The molecule has 0 radical (unpaired) electrons. The molecule has 3 rings (SSSR count). The summed E-state index contributed by atoms with van der Waals surface area (Å²) in [5.41, 5.74) is 3.90. The zero-order chi connectivity index (χ0) is 22.8. The van der Waals surface area contributed by atoms with Gasteiger partial charge in [0.05, 0.1) is 11.7 Å². The highest BCUT2D eigenvalue weighted by Gasteiger charge is 2.33. The highest BCUT2D eigenvalue weighted by atomic mass is 19.4. The van der Waals surface area contributed by atoms with E-state index in [2.05, 4.69) is 20.0 Å². The van der Waals surface area contributed by atoms with Gasteiger partial charge in [-0.2, -0.15) is 0 Å². The van der Waals surface area contributed by atoms with E-state index in [-0.39, 0.29) is 22.6 Å². The molecule has 0 saturated carbocycles. The molecule has 0 bridgehead atoms. The van der Waals surface area contributed by atoms with Crippen molar-refractivity contribution in [2.45, 2.75) is 12.4 Å². The third-order valence-electron chi connectivity index (χ3n) is 4.04. The van der Waals surface area contributed by atoms with Crippen molar-refractivity contribution in [3.8, 4) is 5.75 Å². The van der Waals surface area contributed by atoms with Crippen LogP contribution in [0.15, 0.2) is 53.6 Å². The average Bonchev–Trinajstić information content (AvgIpc) is 2.69. The second kappa shape index (κ2) is 8.42. The number of ether oxygens (including phenoxy) is 1. The fourth-order valence-corrected chi connectivity index (χ4v) is 2.65. The van der Waals surface area contributed by atoms with Crippen LogP contribution < -0.4 is 21.2 Å². The number of rotatable bonds is 5. The third-order valence-corrected chi connectivity index (χ3v) is 4.04. The topological polar surface area (TPSA) is 110 Å². The fourth-order valence-electron chi connectivity index (χ4n) is 2.65. The average molecular weight is 440 g/mol. The van der Waals surface area contributed by atoms with Crippen LogP contribution in [0.1, 0.15) is 27.8 Å². The maximum Gasteiger partial charge on any atom is 0.573 e. The Bertz CT molecular complexity index is 1180. The summed E-state index contributed by atoms with van der Waals surface area (Å²) in [6, 6.07) is 4.13. The quantitative estimate of drug-likeness (QED) is 0.529. The monoisotopic (exact) mass is 440 g/mol. The predicted octanol–water partition coefficient (Wildman–Crippen LogP) is 3.05. The number of aromatic amines is 1. The number of nitrogen functional groups attached to an aromatic ring is 1. The molecule has 0 spiro atoms. The molecular weight excluding hydrogens is 427 g/mol. The zero-order valence-corrected chi connectivity index (χ0v) is 15.3. The molecule has 12 heteroatoms. The van der Waals surface area contributed by atoms with E-state index in [0.717, 1.165) is 24.4 Å². The van der Waals surface area contributed by atoms with E-state index in [0.29, 0.717) is 12.1 Å². The number of carbonyl (C=O) groups is 1. The molecule has 31 heavy (non-hydrogen) atoms. The van der Waals surface area contributed by atoms with Crippen LogP contribution in [-0.2, 0) is 0 Å². The highest BCUT2D eigenvalue weighted by molar-refractivity contribution is 5.92. The Kier molecular flexibility index (Phi) is 5.90. The molecule has 4 N–H and O–H groups in total. The number of benzene rings is 1. The number of nitrogens with two attached hydrogens (primary N) is 1. The van der Waals surface area contributed by atoms with Gasteiger partial charge in [0.1, 0.15) is 17.2 Å². The SMILES string of the molecule is Nc1c[nH]c(C(=O)N[C@@H](c2ccc(OC(F)(F)F)c(F)c2)c2ncccc2F)cc1=O. The summed E-state index contributed by atoms with van der Waals surface area (Å²) in [6.45, 7) is 0. The molecule has 0 unspecified atom stereocenters. The number of H-pyrrole nitrogens is 1. The molecule has 1 atom stereocenters. The summed E-state index contributed by atoms with van der Waals surface area (Å²) in [5, 5.41) is 2.37. The van der Waals surface area contributed by atoms with E-state index in [9.17, 15) is 31.5 Å². The van der Waals surface area contributed by atoms with Crippen LogP contribution in [0.2, 0.25) is 0 Å². The highest BCUT2D eigenvalue weighted by Crippen LogP contribution is 2.30. The van der Waals surface area contributed by atoms with Crippen molar-refractivity contribution in [1.82, 2.24) is 15.3 Å². The normalized spacial score (nSPS) is 12.3. The van der Waals surface area contributed by atoms with Gasteiger partial charge in [-0.15, -0.1) is 13.2 Å². The second-order valence-electron chi connectivity index (χ2n) is 6.18. The number of aromatic nitrogens is 2. The van der Waals surface area contributed by atoms with E-state index in [1.165, 1.54) is 12.3 Å². The van der Waals surface area contributed by atoms with Crippen LogP contribution in [0, 0.1) is 11.6 Å². The molecule has 1 aromatic carbocycles. The van der Waals surface area contributed by atoms with Crippen molar-refractivity contribution < 1.29 is 31.5 Å². The Morgan fingerprint density at radius 1 is 1.16 bits per heavy atom. The summed E-state index contributed by atoms with van der Waals surface area (Å²) < 4.78 is 69.2. The number of pyridine rings is 2. The van der Waals surface area contributed by atoms with Gasteiger partial charge in [-0.1, -0.05) is 6.07 Å². The lowest BCUT2D eigenvalue weighted by Crippen LogP contribution is -2.32. The first-order valence-electron chi connectivity index (χ1n) is 8.50. The minimum Gasteiger partial charge on any atom is -0.403 e. The van der Waals surface area contributed by atoms with E-state index in [4.69, 9.17) is 5.73 Å². The predicted molar refractivity (Wildman–Crippen MR) is 98.1 cm³/mol. The number of amides is 1. The van der Waals surface area contributed by atoms with Crippen LogP contribution in [-0.4, -0.2) is 22.2 Å². The van der Waals surface area contributed by atoms with Crippen LogP contribution >= 0.6 is 0 Å². The number of hydrogen-bond acceptors (Lipinski definition) is 5. The van der Waals surface area contributed by atoms with E-state index in [1.807, 2.05) is 0 Å². The van der Waals surface area contributed by atoms with Gasteiger partial charge in [0.15, 0.2) is 11.6 Å². The third kappa shape index (κ3) is 5.15. The number of halogens is 5. The van der Waals surface area contributed by atoms with Crippen molar-refractivity contribution >= 4 is 11.6 Å². The molecule has 2 heterocycles. The van der Waals surface area contributed by atoms with Gasteiger partial charge in [0, 0.05) is 18.5 Å². The van der Waals surface area contributed by atoms with E-state index >= 15 is 0 Å². The van der Waals surface area contributed by atoms with Crippen molar-refractivity contribution in [3.63, 3.8) is 0 Å². The maximum atomic E-state index is 14.3. The number of carbonyl (C=O) groups excluding carboxylic acids is 1. The summed E-state index contributed by atoms with van der Waals surface area (Å²) in [5.74, 6) is -4.27. The molecule has 0 aliphatic carbocycles. The van der Waals surface area contributed by atoms with Gasteiger partial charge < -0.3 is 20.8 Å². The number of nitrogens with one attached hydrogen (secondary N) is 2. The Hall–Kier alpha value is -3.96. The van der Waals surface area contributed by atoms with Crippen molar-refractivity contribution in [2.24, 2.45) is 0 Å². The van der Waals surface area contributed by atoms with Crippen LogP contribution in [0.4, 0.5) is 27.6 Å². The van der Waals surface area contributed by atoms with Gasteiger partial charge in [0.25, 0.3) is 5.91 Å². The Labute approximate surface area is 170 Å². The standard InChI is InChI=1S/C19H13F5N4O3/c20-10-2-1-5-26-17(10)16(28-18(30)13-7-14(29)12(25)8-27-13)9-3-4-15(11(21)6-9)31-19(22,23)24/h1-8,16H,25H2,(H,27,29)(H,28,30)/t16-/m0/s1. The van der Waals surface area contributed by atoms with Gasteiger partial charge in [0.2, 0.25) is 5.43 Å². The van der Waals surface area contributed by atoms with Gasteiger partial charge in [-0.3, -0.25) is 14.6 Å². The minimum atomic E-state index is -5.12. The fraction of sp³-hybridized carbons (Fsp3) is 0.105. The first-order chi connectivity index (χ1) is 14.5. The Morgan fingerprint density at radius 2 is 1.90 bits per heavy atom. The number of hydrogen-bond donors (Lipinski definition) is 3. The Balaban J connectivity index is 2.00. The number of anilines is 1. The molecule has 162 valence electrons. The molecular formula is C19H13F5N4O3. The molecule has 2 aromatic heterocycles. The molecule has 0 aliphatic heterocycles. The van der Waals surface area contributed by atoms with Crippen molar-refractivity contribution in [3.05, 3.63) is 87.6 Å². The van der Waals surface area contributed by atoms with Crippen LogP contribution in [0.25, 0.3) is 0 Å². The van der Waals surface area contributed by atoms with Crippen molar-refractivity contribution in [1.29, 1.82) is 0 Å². The molecule has 1 amide bonds. The lowest BCUT2D eigenvalue weighted by atomic mass is 10.0. The number of nitrogens with zero attached hydrogens (tertiary/aromatic N) is 1. The van der Waals surface area contributed by atoms with E-state index < -0.39 is 41.1 Å². The smallest absolute Gasteiger partial charge is 0.403 e. The lowest BCUT2D eigenvalue weighted by molar-refractivity contribution is -0.275. The summed E-state index contributed by atoms with van der Waals surface area (Å²) in [6.07, 6.45) is -2.83. The van der Waals surface area contributed by atoms with Gasteiger partial charge >= 0.3 is 6.36 Å².